The van der Waals surface area contributed by atoms with Crippen molar-refractivity contribution in [2.24, 2.45) is 0 Å². The normalized spacial score (nSPS) is 12.1. The zero-order valence-electron chi connectivity index (χ0n) is 15.3. The summed E-state index contributed by atoms with van der Waals surface area (Å²) in [7, 11) is 2.11. The average Bonchev–Trinajstić information content (AvgIpc) is 3.33. The Bertz CT molecular complexity index is 837. The first-order chi connectivity index (χ1) is 13.1. The molecule has 6 nitrogen and oxygen atoms in total. The maximum atomic E-state index is 11.9. The van der Waals surface area contributed by atoms with Gasteiger partial charge >= 0.3 is 0 Å². The molecule has 0 spiro atoms. The van der Waals surface area contributed by atoms with E-state index in [0.29, 0.717) is 12.2 Å². The fraction of sp³-hybridized carbons (Fsp3) is 0.316. The molecule has 0 radical (unpaired) electrons. The highest BCUT2D eigenvalue weighted by Gasteiger charge is 2.11. The molecule has 1 aromatic carbocycles. The number of thiophene rings is 1. The maximum absolute atomic E-state index is 11.9. The molecule has 2 heterocycles. The fourth-order valence-electron chi connectivity index (χ4n) is 2.62. The summed E-state index contributed by atoms with van der Waals surface area (Å²) in [5.41, 5.74) is 1.53. The van der Waals surface area contributed by atoms with Crippen LogP contribution < -0.4 is 10.1 Å². The van der Waals surface area contributed by atoms with Gasteiger partial charge in [-0.05, 0) is 43.1 Å². The smallest absolute Gasteiger partial charge is 0.272 e. The minimum atomic E-state index is -0.233. The van der Waals surface area contributed by atoms with Gasteiger partial charge in [-0.25, -0.2) is 0 Å². The van der Waals surface area contributed by atoms with Gasteiger partial charge in [0.1, 0.15) is 11.9 Å². The van der Waals surface area contributed by atoms with E-state index < -0.39 is 0 Å². The molecule has 0 unspecified atom stereocenters. The molecule has 1 atom stereocenters. The van der Waals surface area contributed by atoms with E-state index in [0.717, 1.165) is 30.6 Å². The first-order valence-electron chi connectivity index (χ1n) is 8.62. The van der Waals surface area contributed by atoms with E-state index in [1.165, 1.54) is 16.6 Å². The van der Waals surface area contributed by atoms with Crippen molar-refractivity contribution in [1.82, 2.24) is 19.0 Å². The number of hydrogen-bond donors (Lipinski definition) is 1. The monoisotopic (exact) mass is 402 g/mol. The van der Waals surface area contributed by atoms with E-state index >= 15 is 0 Å². The molecule has 0 fully saturated rings. The van der Waals surface area contributed by atoms with Crippen LogP contribution in [-0.4, -0.2) is 39.3 Å². The summed E-state index contributed by atoms with van der Waals surface area (Å²) in [5.74, 6) is 0.567. The van der Waals surface area contributed by atoms with Gasteiger partial charge in [-0.2, -0.15) is 8.75 Å². The van der Waals surface area contributed by atoms with Crippen LogP contribution in [0.3, 0.4) is 0 Å². The van der Waals surface area contributed by atoms with Gasteiger partial charge < -0.3 is 10.1 Å². The molecule has 1 N–H and O–H groups in total. The van der Waals surface area contributed by atoms with Crippen LogP contribution in [0.15, 0.2) is 48.0 Å². The fourth-order valence-corrected chi connectivity index (χ4v) is 3.82. The first kappa shape index (κ1) is 19.5. The minimum Gasteiger partial charge on any atom is -0.489 e. The van der Waals surface area contributed by atoms with Crippen molar-refractivity contribution in [3.05, 3.63) is 64.1 Å². The highest BCUT2D eigenvalue weighted by atomic mass is 32.1. The van der Waals surface area contributed by atoms with Gasteiger partial charge in [0, 0.05) is 18.0 Å². The van der Waals surface area contributed by atoms with E-state index in [1.807, 2.05) is 25.1 Å². The van der Waals surface area contributed by atoms with Crippen LogP contribution in [0.5, 0.6) is 5.75 Å². The van der Waals surface area contributed by atoms with Gasteiger partial charge in [-0.1, -0.05) is 18.2 Å². The Morgan fingerprint density at radius 3 is 2.93 bits per heavy atom. The lowest BCUT2D eigenvalue weighted by atomic mass is 10.2. The molecular weight excluding hydrogens is 380 g/mol. The lowest BCUT2D eigenvalue weighted by Crippen LogP contribution is -2.33. The molecule has 0 saturated heterocycles. The summed E-state index contributed by atoms with van der Waals surface area (Å²) < 4.78 is 13.7. The van der Waals surface area contributed by atoms with Crippen LogP contribution in [0.4, 0.5) is 0 Å². The van der Waals surface area contributed by atoms with Crippen molar-refractivity contribution >= 4 is 29.0 Å². The molecule has 0 aliphatic heterocycles. The highest BCUT2D eigenvalue weighted by molar-refractivity contribution is 7.09. The number of carbonyl (C=O) groups is 1. The molecule has 142 valence electrons. The van der Waals surface area contributed by atoms with Crippen LogP contribution >= 0.6 is 23.1 Å². The van der Waals surface area contributed by atoms with Crippen LogP contribution in [0.2, 0.25) is 0 Å². The predicted octanol–water partition coefficient (Wildman–Crippen LogP) is 3.43. The van der Waals surface area contributed by atoms with E-state index in [-0.39, 0.29) is 12.0 Å². The summed E-state index contributed by atoms with van der Waals surface area (Å²) in [6.07, 6.45) is 1.31. The maximum Gasteiger partial charge on any atom is 0.272 e. The van der Waals surface area contributed by atoms with Gasteiger partial charge in [0.05, 0.1) is 24.5 Å². The topological polar surface area (TPSA) is 67.3 Å². The molecule has 3 aromatic rings. The second kappa shape index (κ2) is 9.59. The van der Waals surface area contributed by atoms with Crippen molar-refractivity contribution in [3.8, 4) is 5.75 Å². The molecule has 0 aliphatic carbocycles. The number of ether oxygens (including phenoxy) is 1. The molecule has 27 heavy (non-hydrogen) atoms. The SMILES string of the molecule is C[C@@H](CNC(=O)c1cnsn1)Oc1cccc(CN(C)Cc2cccs2)c1. The number of hydrogen-bond acceptors (Lipinski definition) is 7. The molecule has 2 aromatic heterocycles. The van der Waals surface area contributed by atoms with E-state index in [2.05, 4.69) is 49.6 Å². The summed E-state index contributed by atoms with van der Waals surface area (Å²) in [4.78, 5) is 15.5. The molecule has 8 heteroatoms. The molecule has 3 rings (SSSR count). The van der Waals surface area contributed by atoms with Gasteiger partial charge in [0.25, 0.3) is 5.91 Å². The summed E-state index contributed by atoms with van der Waals surface area (Å²) in [5, 5.41) is 4.91. The zero-order valence-corrected chi connectivity index (χ0v) is 16.9. The Balaban J connectivity index is 1.48. The van der Waals surface area contributed by atoms with Gasteiger partial charge in [0.2, 0.25) is 0 Å². The third-order valence-corrected chi connectivity index (χ3v) is 5.18. The number of rotatable bonds is 9. The molecule has 0 saturated carbocycles. The second-order valence-electron chi connectivity index (χ2n) is 6.33. The van der Waals surface area contributed by atoms with Crippen LogP contribution in [0, 0.1) is 0 Å². The van der Waals surface area contributed by atoms with Crippen LogP contribution in [-0.2, 0) is 13.1 Å². The van der Waals surface area contributed by atoms with E-state index in [1.54, 1.807) is 11.3 Å². The van der Waals surface area contributed by atoms with Gasteiger partial charge in [-0.15, -0.1) is 11.3 Å². The second-order valence-corrected chi connectivity index (χ2v) is 7.92. The quantitative estimate of drug-likeness (QED) is 0.594. The van der Waals surface area contributed by atoms with Crippen LogP contribution in [0.25, 0.3) is 0 Å². The zero-order chi connectivity index (χ0) is 19.1. The lowest BCUT2D eigenvalue weighted by Gasteiger charge is -2.18. The lowest BCUT2D eigenvalue weighted by molar-refractivity contribution is 0.0928. The number of aromatic nitrogens is 2. The molecule has 0 bridgehead atoms. The minimum absolute atomic E-state index is 0.153. The standard InChI is InChI=1S/C19H22N4O2S2/c1-14(10-20-19(24)18-11-21-27-22-18)25-16-6-3-5-15(9-16)12-23(2)13-17-7-4-8-26-17/h3-9,11,14H,10,12-13H2,1-2H3,(H,20,24)/t14-/m0/s1. The Hall–Kier alpha value is -2.29. The van der Waals surface area contributed by atoms with Gasteiger partial charge in [0.15, 0.2) is 5.69 Å². The van der Waals surface area contributed by atoms with Crippen molar-refractivity contribution < 1.29 is 9.53 Å². The predicted molar refractivity (Wildman–Crippen MR) is 108 cm³/mol. The average molecular weight is 403 g/mol. The van der Waals surface area contributed by atoms with E-state index in [9.17, 15) is 4.79 Å². The Kier molecular flexibility index (Phi) is 6.92. The van der Waals surface area contributed by atoms with E-state index in [4.69, 9.17) is 4.74 Å². The van der Waals surface area contributed by atoms with Gasteiger partial charge in [-0.3, -0.25) is 9.69 Å². The number of nitrogens with zero attached hydrogens (tertiary/aromatic N) is 3. The Morgan fingerprint density at radius 1 is 1.30 bits per heavy atom. The summed E-state index contributed by atoms with van der Waals surface area (Å²) >= 11 is 2.79. The summed E-state index contributed by atoms with van der Waals surface area (Å²) in [6.45, 7) is 4.10. The number of benzene rings is 1. The number of nitrogens with one attached hydrogen (secondary N) is 1. The van der Waals surface area contributed by atoms with Crippen molar-refractivity contribution in [1.29, 1.82) is 0 Å². The third kappa shape index (κ3) is 6.13. The number of amides is 1. The molecule has 0 aliphatic rings. The Morgan fingerprint density at radius 2 is 2.19 bits per heavy atom. The highest BCUT2D eigenvalue weighted by Crippen LogP contribution is 2.18. The van der Waals surface area contributed by atoms with Crippen molar-refractivity contribution in [3.63, 3.8) is 0 Å². The van der Waals surface area contributed by atoms with Crippen molar-refractivity contribution in [2.45, 2.75) is 26.1 Å². The number of carbonyl (C=O) groups excluding carboxylic acids is 1. The molecule has 1 amide bonds. The largest absolute Gasteiger partial charge is 0.489 e. The Labute approximate surface area is 167 Å². The summed E-state index contributed by atoms with van der Waals surface area (Å²) in [6, 6.07) is 12.3. The first-order valence-corrected chi connectivity index (χ1v) is 10.2. The molecular formula is C19H22N4O2S2. The van der Waals surface area contributed by atoms with Crippen LogP contribution in [0.1, 0.15) is 27.9 Å². The van der Waals surface area contributed by atoms with Crippen molar-refractivity contribution in [2.75, 3.05) is 13.6 Å². The third-order valence-electron chi connectivity index (χ3n) is 3.84.